The highest BCUT2D eigenvalue weighted by atomic mass is 16.5. The van der Waals surface area contributed by atoms with Gasteiger partial charge in [-0.1, -0.05) is 97.1 Å². The van der Waals surface area contributed by atoms with E-state index < -0.39 is 261 Å². The predicted molar refractivity (Wildman–Crippen MR) is 415 cm³/mol. The van der Waals surface area contributed by atoms with Gasteiger partial charge < -0.3 is 126 Å². The van der Waals surface area contributed by atoms with E-state index >= 15 is 9.59 Å². The Morgan fingerprint density at radius 2 is 1.08 bits per heavy atom. The SMILES string of the molecule is CCCCCCCCCCCCC[C@@H]1CC(=O)N[C@H]([C@@H](C)O)C(=O)N[C@H](C)C(=O)N[C@@H](Cc2ccc(O)cc2)C(=O)N[C@@H](C(C)C)C(=O)N2C[C@H](O)C[C@H]2C(=O)N[C@H]([C@@H](C)O)C(=O)N[C@@H]([C@@H](C)O)C(=O)N2CC[C@H](O)[C@H]2C(=O)N[C@@H]([C@H](O)CC(N)=O)C(=O)NCC(=O)N[C@H]([C@@H](C)O)C(=O)N(C(=O)[C@@H](N)CCCN)[C@@H](CCCN)C(=O)O1. The number of aliphatic hydroxyl groups is 7. The lowest BCUT2D eigenvalue weighted by Crippen LogP contribution is -2.64. The highest BCUT2D eigenvalue weighted by Crippen LogP contribution is 2.26. The van der Waals surface area contributed by atoms with Crippen LogP contribution in [0.2, 0.25) is 0 Å². The molecule has 14 amide bonds. The van der Waals surface area contributed by atoms with E-state index in [1.165, 1.54) is 45.0 Å². The number of nitrogens with two attached hydrogens (primary N) is 4. The first-order chi connectivity index (χ1) is 54.7. The van der Waals surface area contributed by atoms with Gasteiger partial charge in [0.1, 0.15) is 78.3 Å². The fourth-order valence-corrected chi connectivity index (χ4v) is 13.8. The van der Waals surface area contributed by atoms with Crippen LogP contribution in [0.15, 0.2) is 24.3 Å². The van der Waals surface area contributed by atoms with Crippen LogP contribution in [0.3, 0.4) is 0 Å². The lowest BCUT2D eigenvalue weighted by atomic mass is 9.99. The fraction of sp³-hybridized carbons (Fsp3) is 0.724. The number of nitrogens with one attached hydrogen (secondary N) is 9. The number of carbonyl (C=O) groups excluding carboxylic acids is 15. The van der Waals surface area contributed by atoms with Crippen molar-refractivity contribution in [1.29, 1.82) is 0 Å². The monoisotopic (exact) mass is 1650 g/mol. The van der Waals surface area contributed by atoms with E-state index in [1.54, 1.807) is 0 Å². The van der Waals surface area contributed by atoms with Crippen molar-refractivity contribution in [3.8, 4) is 5.75 Å². The molecule has 40 nitrogen and oxygen atoms in total. The molecule has 0 aliphatic carbocycles. The molecule has 3 aliphatic heterocycles. The van der Waals surface area contributed by atoms with Crippen LogP contribution in [0.5, 0.6) is 5.75 Å². The summed E-state index contributed by atoms with van der Waals surface area (Å²) in [6.07, 6.45) is -8.09. The third-order valence-corrected chi connectivity index (χ3v) is 20.4. The molecule has 4 rings (SSSR count). The molecule has 0 radical (unpaired) electrons. The maximum Gasteiger partial charge on any atom is 0.329 e. The summed E-state index contributed by atoms with van der Waals surface area (Å²) < 4.78 is 6.10. The smallest absolute Gasteiger partial charge is 0.329 e. The van der Waals surface area contributed by atoms with Crippen molar-refractivity contribution >= 4 is 88.7 Å². The quantitative estimate of drug-likeness (QED) is 0.0262. The van der Waals surface area contributed by atoms with Crippen LogP contribution in [-0.4, -0.2) is 298 Å². The van der Waals surface area contributed by atoms with E-state index in [4.69, 9.17) is 27.7 Å². The molecule has 25 N–H and O–H groups in total. The molecule has 116 heavy (non-hydrogen) atoms. The molecular formula is C76H126N16O24. The largest absolute Gasteiger partial charge is 0.508 e. The Balaban J connectivity index is 1.90. The molecule has 3 heterocycles. The first kappa shape index (κ1) is 99.2. The summed E-state index contributed by atoms with van der Waals surface area (Å²) in [5.41, 5.74) is 23.9. The lowest BCUT2D eigenvalue weighted by molar-refractivity contribution is -0.168. The van der Waals surface area contributed by atoms with Crippen molar-refractivity contribution in [2.75, 3.05) is 32.7 Å². The van der Waals surface area contributed by atoms with Crippen molar-refractivity contribution in [3.63, 3.8) is 0 Å². The number of hydrogen-bond acceptors (Lipinski definition) is 27. The Labute approximate surface area is 674 Å². The number of nitrogens with zero attached hydrogens (tertiary/aromatic N) is 3. The maximum atomic E-state index is 15.2. The number of esters is 1. The van der Waals surface area contributed by atoms with Gasteiger partial charge in [-0.25, -0.2) is 4.79 Å². The van der Waals surface area contributed by atoms with Crippen LogP contribution in [0.1, 0.15) is 189 Å². The zero-order chi connectivity index (χ0) is 87.0. The van der Waals surface area contributed by atoms with Gasteiger partial charge in [0, 0.05) is 25.9 Å². The summed E-state index contributed by atoms with van der Waals surface area (Å²) in [6, 6.07) is -17.1. The average molecular weight is 1650 g/mol. The van der Waals surface area contributed by atoms with Gasteiger partial charge in [0.2, 0.25) is 76.8 Å². The number of aliphatic hydroxyl groups excluding tert-OH is 7. The summed E-state index contributed by atoms with van der Waals surface area (Å²) in [6.45, 7) is 8.16. The standard InChI is InChI=1S/C76H126N16O24/c1-9-10-11-12-13-14-15-16-17-18-19-22-48-35-56(102)84-59(41(5)93)69(108)82-40(4)65(104)83-50(33-45-25-27-46(97)28-26-45)66(105)86-58(39(2)3)73(112)91-38-47(98)34-52(91)67(106)87-60(42(6)94)70(109)88-61(43(7)95)74(113)90-32-29-53(99)64(90)71(110)89-63(54(100)36-55(80)101)68(107)81-37-57(103)85-62(44(8)96)75(114)92(72(111)49(79)23-20-30-77)51(24-21-31-78)76(115)116-48/h25-28,39-44,47-54,58-64,93-100H,9-24,29-38,77-79H2,1-8H3,(H2,80,101)(H,81,107)(H,82,108)(H,83,104)(H,84,102)(H,85,103)(H,86,105)(H,87,106)(H,88,109)(H,89,110)/t40-,41-,42-,43-,44-,47-,48-,49+,50+,51+,52+,53+,54-,58+,59-,60-,61+,62-,63+,64+/m1/s1. The minimum atomic E-state index is -2.30. The van der Waals surface area contributed by atoms with Gasteiger partial charge >= 0.3 is 5.97 Å². The number of primary amides is 1. The molecule has 0 spiro atoms. The Morgan fingerprint density at radius 1 is 0.560 bits per heavy atom. The third kappa shape index (κ3) is 30.7. The number of cyclic esters (lactones) is 1. The number of benzene rings is 1. The molecule has 3 saturated heterocycles. The molecule has 654 valence electrons. The van der Waals surface area contributed by atoms with Crippen LogP contribution in [0.4, 0.5) is 0 Å². The minimum Gasteiger partial charge on any atom is -0.508 e. The Hall–Kier alpha value is -9.13. The molecular weight excluding hydrogens is 1520 g/mol. The molecule has 3 aliphatic rings. The summed E-state index contributed by atoms with van der Waals surface area (Å²) >= 11 is 0. The minimum absolute atomic E-state index is 0.00599. The molecule has 0 bridgehead atoms. The Bertz CT molecular complexity index is 3460. The van der Waals surface area contributed by atoms with Crippen molar-refractivity contribution in [2.45, 2.75) is 312 Å². The van der Waals surface area contributed by atoms with Crippen LogP contribution in [0, 0.1) is 5.92 Å². The first-order valence-corrected chi connectivity index (χ1v) is 40.0. The highest BCUT2D eigenvalue weighted by Gasteiger charge is 2.49. The second-order valence-corrected chi connectivity index (χ2v) is 30.7. The van der Waals surface area contributed by atoms with Gasteiger partial charge in [-0.2, -0.15) is 0 Å². The number of rotatable bonds is 29. The second kappa shape index (κ2) is 49.2. The number of aromatic hydroxyl groups is 1. The zero-order valence-electron chi connectivity index (χ0n) is 67.6. The van der Waals surface area contributed by atoms with Gasteiger partial charge in [0.15, 0.2) is 0 Å². The molecule has 0 unspecified atom stereocenters. The molecule has 1 aromatic rings. The summed E-state index contributed by atoms with van der Waals surface area (Å²) in [7, 11) is 0. The summed E-state index contributed by atoms with van der Waals surface area (Å²) in [4.78, 5) is 218. The van der Waals surface area contributed by atoms with Crippen LogP contribution in [-0.2, 0) is 83.1 Å². The number of amides is 14. The molecule has 3 fully saturated rings. The molecule has 1 aromatic carbocycles. The zero-order valence-corrected chi connectivity index (χ0v) is 67.6. The second-order valence-electron chi connectivity index (χ2n) is 30.7. The summed E-state index contributed by atoms with van der Waals surface area (Å²) in [5, 5.41) is 109. The normalized spacial score (nSPS) is 27.4. The Morgan fingerprint density at radius 3 is 1.64 bits per heavy atom. The first-order valence-electron chi connectivity index (χ1n) is 40.0. The van der Waals surface area contributed by atoms with Gasteiger partial charge in [0.05, 0.1) is 68.2 Å². The number of ether oxygens (including phenoxy) is 1. The van der Waals surface area contributed by atoms with Gasteiger partial charge in [-0.05, 0) is 116 Å². The highest BCUT2D eigenvalue weighted by molar-refractivity contribution is 6.05. The number of imide groups is 1. The molecule has 0 aromatic heterocycles. The Kier molecular flexibility index (Phi) is 42.1. The maximum absolute atomic E-state index is 15.2. The number of carbonyl (C=O) groups is 15. The van der Waals surface area contributed by atoms with Gasteiger partial charge in [-0.15, -0.1) is 0 Å². The van der Waals surface area contributed by atoms with E-state index in [9.17, 15) is 103 Å². The van der Waals surface area contributed by atoms with Crippen LogP contribution in [0.25, 0.3) is 0 Å². The number of hydrogen-bond donors (Lipinski definition) is 21. The number of unbranched alkanes of at least 4 members (excludes halogenated alkanes) is 10. The van der Waals surface area contributed by atoms with E-state index in [-0.39, 0.29) is 57.4 Å². The molecule has 20 atom stereocenters. The number of phenols is 1. The molecule has 0 saturated carbocycles. The third-order valence-electron chi connectivity index (χ3n) is 20.4. The van der Waals surface area contributed by atoms with Crippen molar-refractivity contribution in [1.82, 2.24) is 62.6 Å². The van der Waals surface area contributed by atoms with E-state index in [0.29, 0.717) is 28.2 Å². The number of phenolic OH excluding ortho intramolecular Hbond substituents is 1. The van der Waals surface area contributed by atoms with Crippen molar-refractivity contribution in [3.05, 3.63) is 29.8 Å². The van der Waals surface area contributed by atoms with Crippen molar-refractivity contribution in [2.24, 2.45) is 28.9 Å². The fourth-order valence-electron chi connectivity index (χ4n) is 13.8. The van der Waals surface area contributed by atoms with Gasteiger partial charge in [-0.3, -0.25) is 72.0 Å². The number of fused-ring (bicyclic) bond motifs is 2. The van der Waals surface area contributed by atoms with E-state index in [1.807, 2.05) is 0 Å². The summed E-state index contributed by atoms with van der Waals surface area (Å²) in [5.74, 6) is -19.5. The van der Waals surface area contributed by atoms with Gasteiger partial charge in [0.25, 0.3) is 5.91 Å². The van der Waals surface area contributed by atoms with E-state index in [0.717, 1.165) is 90.4 Å². The molecule has 40 heteroatoms. The lowest BCUT2D eigenvalue weighted by Gasteiger charge is -2.35. The topological polar surface area (TPSA) is 649 Å². The van der Waals surface area contributed by atoms with Crippen LogP contribution >= 0.6 is 0 Å². The van der Waals surface area contributed by atoms with Crippen molar-refractivity contribution < 1.29 is 118 Å². The van der Waals surface area contributed by atoms with E-state index in [2.05, 4.69) is 54.8 Å². The predicted octanol–water partition coefficient (Wildman–Crippen LogP) is -6.17. The van der Waals surface area contributed by atoms with Crippen LogP contribution < -0.4 is 70.8 Å². The average Bonchev–Trinajstić information content (AvgIpc) is 1.74.